The number of oxazole rings is 1. The first-order chi connectivity index (χ1) is 16.0. The van der Waals surface area contributed by atoms with Crippen molar-refractivity contribution in [1.82, 2.24) is 15.6 Å². The monoisotopic (exact) mass is 466 g/mol. The van der Waals surface area contributed by atoms with Crippen LogP contribution in [0.1, 0.15) is 54.1 Å². The molecule has 0 saturated carbocycles. The van der Waals surface area contributed by atoms with Gasteiger partial charge in [-0.15, -0.1) is 0 Å². The van der Waals surface area contributed by atoms with Gasteiger partial charge < -0.3 is 24.8 Å². The van der Waals surface area contributed by atoms with Crippen molar-refractivity contribution in [2.24, 2.45) is 5.92 Å². The third-order valence-corrected chi connectivity index (χ3v) is 5.28. The molecule has 3 amide bonds. The Morgan fingerprint density at radius 3 is 2.38 bits per heavy atom. The summed E-state index contributed by atoms with van der Waals surface area (Å²) in [5, 5.41) is 8.34. The van der Waals surface area contributed by atoms with Gasteiger partial charge in [0.15, 0.2) is 0 Å². The standard InChI is InChI=1S/C25H30N4O5/c1-13(2)22(27-17(6)30)24(32)26-12-21-16(5)34-25(29-21)18-8-7-9-19(11-18)28-23(31)20-10-14(3)33-15(20)4/h7-11,13,22H,12H2,1-6H3,(H,26,32)(H,27,30)(H,28,31). The lowest BCUT2D eigenvalue weighted by molar-refractivity contribution is -0.129. The Labute approximate surface area is 198 Å². The Morgan fingerprint density at radius 2 is 1.76 bits per heavy atom. The van der Waals surface area contributed by atoms with Crippen LogP contribution in [0.4, 0.5) is 5.69 Å². The molecule has 1 aromatic carbocycles. The zero-order chi connectivity index (χ0) is 25.0. The van der Waals surface area contributed by atoms with Crippen LogP contribution in [-0.2, 0) is 16.1 Å². The summed E-state index contributed by atoms with van der Waals surface area (Å²) in [6, 6.07) is 8.21. The van der Waals surface area contributed by atoms with E-state index in [9.17, 15) is 14.4 Å². The van der Waals surface area contributed by atoms with Gasteiger partial charge in [-0.05, 0) is 51.0 Å². The molecule has 2 aromatic heterocycles. The van der Waals surface area contributed by atoms with Crippen LogP contribution in [-0.4, -0.2) is 28.7 Å². The molecule has 0 aliphatic rings. The third kappa shape index (κ3) is 5.92. The maximum Gasteiger partial charge on any atom is 0.259 e. The van der Waals surface area contributed by atoms with Crippen molar-refractivity contribution in [3.8, 4) is 11.5 Å². The number of carbonyl (C=O) groups excluding carboxylic acids is 3. The highest BCUT2D eigenvalue weighted by Crippen LogP contribution is 2.25. The van der Waals surface area contributed by atoms with Crippen LogP contribution in [0.2, 0.25) is 0 Å². The van der Waals surface area contributed by atoms with Crippen molar-refractivity contribution in [2.75, 3.05) is 5.32 Å². The molecule has 3 aromatic rings. The molecular formula is C25H30N4O5. The predicted octanol–water partition coefficient (Wildman–Crippen LogP) is 3.89. The van der Waals surface area contributed by atoms with Crippen molar-refractivity contribution in [2.45, 2.75) is 54.1 Å². The van der Waals surface area contributed by atoms with Gasteiger partial charge in [0.1, 0.15) is 29.0 Å². The van der Waals surface area contributed by atoms with E-state index in [2.05, 4.69) is 20.9 Å². The van der Waals surface area contributed by atoms with Gasteiger partial charge in [-0.3, -0.25) is 14.4 Å². The Balaban J connectivity index is 1.71. The molecule has 3 rings (SSSR count). The van der Waals surface area contributed by atoms with Crippen LogP contribution in [0.25, 0.3) is 11.5 Å². The van der Waals surface area contributed by atoms with E-state index < -0.39 is 6.04 Å². The zero-order valence-electron chi connectivity index (χ0n) is 20.2. The minimum atomic E-state index is -0.632. The molecule has 1 atom stereocenters. The van der Waals surface area contributed by atoms with Gasteiger partial charge in [0.25, 0.3) is 5.91 Å². The number of aryl methyl sites for hydroxylation is 3. The Bertz CT molecular complexity index is 1210. The molecule has 1 unspecified atom stereocenters. The SMILES string of the molecule is CC(=O)NC(C(=O)NCc1nc(-c2cccc(NC(=O)c3cc(C)oc3C)c2)oc1C)C(C)C. The number of anilines is 1. The number of benzene rings is 1. The topological polar surface area (TPSA) is 126 Å². The second-order valence-corrected chi connectivity index (χ2v) is 8.52. The normalized spacial score (nSPS) is 11.9. The lowest BCUT2D eigenvalue weighted by Crippen LogP contribution is -2.48. The molecule has 0 aliphatic carbocycles. The van der Waals surface area contributed by atoms with E-state index in [1.54, 1.807) is 45.0 Å². The summed E-state index contributed by atoms with van der Waals surface area (Å²) in [5.74, 6) is 1.28. The average Bonchev–Trinajstić information content (AvgIpc) is 3.31. The lowest BCUT2D eigenvalue weighted by atomic mass is 10.0. The maximum absolute atomic E-state index is 12.6. The van der Waals surface area contributed by atoms with Crippen molar-refractivity contribution in [1.29, 1.82) is 0 Å². The van der Waals surface area contributed by atoms with Crippen LogP contribution < -0.4 is 16.0 Å². The van der Waals surface area contributed by atoms with Gasteiger partial charge in [0.05, 0.1) is 12.1 Å². The molecule has 0 aliphatic heterocycles. The smallest absolute Gasteiger partial charge is 0.259 e. The van der Waals surface area contributed by atoms with Gasteiger partial charge in [-0.2, -0.15) is 0 Å². The van der Waals surface area contributed by atoms with Crippen molar-refractivity contribution >= 4 is 23.4 Å². The summed E-state index contributed by atoms with van der Waals surface area (Å²) < 4.78 is 11.2. The first kappa shape index (κ1) is 24.8. The van der Waals surface area contributed by atoms with Crippen LogP contribution in [0.15, 0.2) is 39.2 Å². The molecule has 9 heteroatoms. The Hall–Kier alpha value is -3.88. The summed E-state index contributed by atoms with van der Waals surface area (Å²) in [4.78, 5) is 41.0. The molecular weight excluding hydrogens is 436 g/mol. The number of hydrogen-bond donors (Lipinski definition) is 3. The van der Waals surface area contributed by atoms with Crippen LogP contribution in [0, 0.1) is 26.7 Å². The second-order valence-electron chi connectivity index (χ2n) is 8.52. The molecule has 9 nitrogen and oxygen atoms in total. The minimum Gasteiger partial charge on any atom is -0.466 e. The number of aromatic nitrogens is 1. The molecule has 0 radical (unpaired) electrons. The molecule has 0 bridgehead atoms. The van der Waals surface area contributed by atoms with Crippen molar-refractivity contribution < 1.29 is 23.2 Å². The van der Waals surface area contributed by atoms with Crippen LogP contribution in [0.3, 0.4) is 0 Å². The van der Waals surface area contributed by atoms with Gasteiger partial charge in [0.2, 0.25) is 17.7 Å². The van der Waals surface area contributed by atoms with Crippen LogP contribution in [0.5, 0.6) is 0 Å². The summed E-state index contributed by atoms with van der Waals surface area (Å²) >= 11 is 0. The van der Waals surface area contributed by atoms with E-state index in [1.807, 2.05) is 19.9 Å². The number of furan rings is 1. The van der Waals surface area contributed by atoms with E-state index in [4.69, 9.17) is 8.83 Å². The number of amides is 3. The largest absolute Gasteiger partial charge is 0.466 e. The Kier molecular flexibility index (Phi) is 7.55. The third-order valence-electron chi connectivity index (χ3n) is 5.28. The van der Waals surface area contributed by atoms with Gasteiger partial charge in [-0.1, -0.05) is 19.9 Å². The van der Waals surface area contributed by atoms with Gasteiger partial charge in [0, 0.05) is 18.2 Å². The predicted molar refractivity (Wildman–Crippen MR) is 127 cm³/mol. The number of hydrogen-bond acceptors (Lipinski definition) is 6. The summed E-state index contributed by atoms with van der Waals surface area (Å²) in [7, 11) is 0. The average molecular weight is 467 g/mol. The number of carbonyl (C=O) groups is 3. The maximum atomic E-state index is 12.6. The molecule has 180 valence electrons. The summed E-state index contributed by atoms with van der Waals surface area (Å²) in [6.45, 7) is 10.6. The molecule has 0 saturated heterocycles. The first-order valence-corrected chi connectivity index (χ1v) is 11.0. The Morgan fingerprint density at radius 1 is 1.03 bits per heavy atom. The number of nitrogens with one attached hydrogen (secondary N) is 3. The lowest BCUT2D eigenvalue weighted by Gasteiger charge is -2.20. The fraction of sp³-hybridized carbons (Fsp3) is 0.360. The molecule has 3 N–H and O–H groups in total. The molecule has 2 heterocycles. The summed E-state index contributed by atoms with van der Waals surface area (Å²) in [6.07, 6.45) is 0. The highest BCUT2D eigenvalue weighted by Gasteiger charge is 2.23. The highest BCUT2D eigenvalue weighted by atomic mass is 16.4. The van der Waals surface area contributed by atoms with Gasteiger partial charge >= 0.3 is 0 Å². The van der Waals surface area contributed by atoms with E-state index >= 15 is 0 Å². The van der Waals surface area contributed by atoms with E-state index in [1.165, 1.54) is 6.92 Å². The van der Waals surface area contributed by atoms with E-state index in [0.29, 0.717) is 45.7 Å². The van der Waals surface area contributed by atoms with E-state index in [0.717, 1.165) is 0 Å². The van der Waals surface area contributed by atoms with Crippen molar-refractivity contribution in [3.05, 3.63) is 58.9 Å². The van der Waals surface area contributed by atoms with Crippen LogP contribution >= 0.6 is 0 Å². The zero-order valence-corrected chi connectivity index (χ0v) is 20.2. The molecule has 34 heavy (non-hydrogen) atoms. The first-order valence-electron chi connectivity index (χ1n) is 11.0. The highest BCUT2D eigenvalue weighted by molar-refractivity contribution is 6.05. The number of rotatable bonds is 8. The quantitative estimate of drug-likeness (QED) is 0.462. The fourth-order valence-corrected chi connectivity index (χ4v) is 3.53. The fourth-order valence-electron chi connectivity index (χ4n) is 3.53. The van der Waals surface area contributed by atoms with Gasteiger partial charge in [-0.25, -0.2) is 4.98 Å². The summed E-state index contributed by atoms with van der Waals surface area (Å²) in [5.41, 5.74) is 2.32. The second kappa shape index (κ2) is 10.4. The van der Waals surface area contributed by atoms with E-state index in [-0.39, 0.29) is 30.2 Å². The van der Waals surface area contributed by atoms with Crippen molar-refractivity contribution in [3.63, 3.8) is 0 Å². The minimum absolute atomic E-state index is 0.0643. The molecule has 0 fully saturated rings. The number of nitrogens with zero attached hydrogens (tertiary/aromatic N) is 1. The molecule has 0 spiro atoms.